The minimum absolute atomic E-state index is 0.0886. The molecular weight excluding hydrogens is 194 g/mol. The number of nitrogens with zero attached hydrogens (tertiary/aromatic N) is 2. The lowest BCUT2D eigenvalue weighted by Crippen LogP contribution is -1.99. The van der Waals surface area contributed by atoms with Crippen LogP contribution in [-0.2, 0) is 0 Å². The largest absolute Gasteiger partial charge is 0.382 e. The third-order valence-electron chi connectivity index (χ3n) is 1.53. The van der Waals surface area contributed by atoms with Gasteiger partial charge in [0, 0.05) is 12.7 Å². The van der Waals surface area contributed by atoms with Gasteiger partial charge in [0.05, 0.1) is 4.92 Å². The number of hydrogen-bond acceptors (Lipinski definition) is 4. The van der Waals surface area contributed by atoms with E-state index in [2.05, 4.69) is 10.3 Å². The molecule has 1 aromatic rings. The van der Waals surface area contributed by atoms with Gasteiger partial charge in [-0.25, -0.2) is 4.98 Å². The molecule has 0 radical (unpaired) electrons. The molecule has 0 spiro atoms. The van der Waals surface area contributed by atoms with E-state index in [1.54, 1.807) is 20.0 Å². The first-order valence-electron chi connectivity index (χ1n) is 3.55. The lowest BCUT2D eigenvalue weighted by Gasteiger charge is -2.03. The molecule has 0 fully saturated rings. The summed E-state index contributed by atoms with van der Waals surface area (Å²) in [4.78, 5) is 13.8. The van der Waals surface area contributed by atoms with Crippen LogP contribution in [0.1, 0.15) is 5.69 Å². The van der Waals surface area contributed by atoms with Crippen LogP contribution in [0, 0.1) is 17.0 Å². The number of nitrogens with one attached hydrogen (secondary N) is 1. The minimum atomic E-state index is -0.555. The summed E-state index contributed by atoms with van der Waals surface area (Å²) < 4.78 is 0. The van der Waals surface area contributed by atoms with Gasteiger partial charge in [-0.1, -0.05) is 11.6 Å². The first-order chi connectivity index (χ1) is 6.06. The van der Waals surface area contributed by atoms with Gasteiger partial charge in [-0.15, -0.1) is 0 Å². The molecule has 1 aromatic heterocycles. The van der Waals surface area contributed by atoms with Crippen molar-refractivity contribution in [2.75, 3.05) is 12.4 Å². The topological polar surface area (TPSA) is 68.1 Å². The van der Waals surface area contributed by atoms with Crippen LogP contribution >= 0.6 is 11.6 Å². The van der Waals surface area contributed by atoms with Gasteiger partial charge < -0.3 is 5.32 Å². The van der Waals surface area contributed by atoms with E-state index in [9.17, 15) is 10.1 Å². The van der Waals surface area contributed by atoms with E-state index in [-0.39, 0.29) is 10.8 Å². The molecule has 1 heterocycles. The SMILES string of the molecule is CNc1cc(C)nc(Cl)c1[N+](=O)[O-]. The average molecular weight is 202 g/mol. The van der Waals surface area contributed by atoms with E-state index < -0.39 is 4.92 Å². The molecule has 0 saturated heterocycles. The Bertz CT molecular complexity index is 354. The molecule has 0 aromatic carbocycles. The van der Waals surface area contributed by atoms with Crippen molar-refractivity contribution in [1.29, 1.82) is 0 Å². The van der Waals surface area contributed by atoms with Crippen LogP contribution in [0.25, 0.3) is 0 Å². The monoisotopic (exact) mass is 201 g/mol. The fourth-order valence-corrected chi connectivity index (χ4v) is 1.30. The number of nitro groups is 1. The normalized spacial score (nSPS) is 9.77. The molecule has 0 aliphatic heterocycles. The quantitative estimate of drug-likeness (QED) is 0.451. The Kier molecular flexibility index (Phi) is 2.67. The molecule has 70 valence electrons. The predicted molar refractivity (Wildman–Crippen MR) is 50.2 cm³/mol. The van der Waals surface area contributed by atoms with E-state index in [1.807, 2.05) is 0 Å². The third kappa shape index (κ3) is 1.86. The number of hydrogen-bond donors (Lipinski definition) is 1. The molecule has 0 atom stereocenters. The van der Waals surface area contributed by atoms with Crippen molar-refractivity contribution in [3.63, 3.8) is 0 Å². The van der Waals surface area contributed by atoms with E-state index >= 15 is 0 Å². The van der Waals surface area contributed by atoms with Gasteiger partial charge in [0.25, 0.3) is 0 Å². The first kappa shape index (κ1) is 9.73. The highest BCUT2D eigenvalue weighted by Gasteiger charge is 2.19. The maximum atomic E-state index is 10.6. The number of aryl methyl sites for hydroxylation is 1. The predicted octanol–water partition coefficient (Wildman–Crippen LogP) is 1.99. The third-order valence-corrected chi connectivity index (χ3v) is 1.79. The number of pyridine rings is 1. The lowest BCUT2D eigenvalue weighted by molar-refractivity contribution is -0.384. The van der Waals surface area contributed by atoms with Gasteiger partial charge in [-0.3, -0.25) is 10.1 Å². The number of anilines is 1. The summed E-state index contributed by atoms with van der Waals surface area (Å²) >= 11 is 5.62. The number of rotatable bonds is 2. The fraction of sp³-hybridized carbons (Fsp3) is 0.286. The second-order valence-electron chi connectivity index (χ2n) is 2.46. The van der Waals surface area contributed by atoms with E-state index in [0.29, 0.717) is 11.4 Å². The molecule has 0 aliphatic carbocycles. The maximum absolute atomic E-state index is 10.6. The number of aromatic nitrogens is 1. The van der Waals surface area contributed by atoms with E-state index in [0.717, 1.165) is 0 Å². The molecule has 0 bridgehead atoms. The zero-order valence-corrected chi connectivity index (χ0v) is 7.92. The molecule has 0 saturated carbocycles. The van der Waals surface area contributed by atoms with Crippen molar-refractivity contribution in [2.45, 2.75) is 6.92 Å². The van der Waals surface area contributed by atoms with E-state index in [1.165, 1.54) is 0 Å². The van der Waals surface area contributed by atoms with E-state index in [4.69, 9.17) is 11.6 Å². The fourth-order valence-electron chi connectivity index (χ4n) is 0.993. The van der Waals surface area contributed by atoms with Crippen molar-refractivity contribution in [1.82, 2.24) is 4.98 Å². The molecule has 13 heavy (non-hydrogen) atoms. The van der Waals surface area contributed by atoms with Crippen LogP contribution in [0.4, 0.5) is 11.4 Å². The molecule has 1 rings (SSSR count). The molecule has 6 heteroatoms. The van der Waals surface area contributed by atoms with Crippen molar-refractivity contribution >= 4 is 23.0 Å². The van der Waals surface area contributed by atoms with Crippen LogP contribution in [0.2, 0.25) is 5.15 Å². The van der Waals surface area contributed by atoms with Gasteiger partial charge in [0.15, 0.2) is 0 Å². The summed E-state index contributed by atoms with van der Waals surface area (Å²) in [6.07, 6.45) is 0. The average Bonchev–Trinajstić information content (AvgIpc) is 2.01. The molecule has 0 unspecified atom stereocenters. The Balaban J connectivity index is 3.38. The Morgan fingerprint density at radius 2 is 2.31 bits per heavy atom. The highest BCUT2D eigenvalue weighted by atomic mass is 35.5. The molecule has 0 amide bonds. The standard InChI is InChI=1S/C7H8ClN3O2/c1-4-3-5(9-2)6(11(12)13)7(8)10-4/h3H,1-2H3,(H,9,10). The van der Waals surface area contributed by atoms with Gasteiger partial charge >= 0.3 is 5.69 Å². The van der Waals surface area contributed by atoms with Gasteiger partial charge in [0.2, 0.25) is 5.15 Å². The first-order valence-corrected chi connectivity index (χ1v) is 3.93. The minimum Gasteiger partial charge on any atom is -0.382 e. The number of halogens is 1. The zero-order valence-electron chi connectivity index (χ0n) is 7.17. The van der Waals surface area contributed by atoms with Gasteiger partial charge in [0.1, 0.15) is 5.69 Å². The molecule has 0 aliphatic rings. The van der Waals surface area contributed by atoms with Crippen molar-refractivity contribution < 1.29 is 4.92 Å². The molecule has 5 nitrogen and oxygen atoms in total. The van der Waals surface area contributed by atoms with Crippen molar-refractivity contribution in [2.24, 2.45) is 0 Å². The summed E-state index contributed by atoms with van der Waals surface area (Å²) in [5.41, 5.74) is 0.831. The van der Waals surface area contributed by atoms with Crippen LogP contribution in [0.15, 0.2) is 6.07 Å². The van der Waals surface area contributed by atoms with Gasteiger partial charge in [-0.05, 0) is 13.0 Å². The highest BCUT2D eigenvalue weighted by Crippen LogP contribution is 2.30. The Labute approximate surface area is 79.9 Å². The smallest absolute Gasteiger partial charge is 0.329 e. The Morgan fingerprint density at radius 3 is 2.77 bits per heavy atom. The Morgan fingerprint density at radius 1 is 1.69 bits per heavy atom. The molecular formula is C7H8ClN3O2. The summed E-state index contributed by atoms with van der Waals surface area (Å²) in [6, 6.07) is 1.57. The van der Waals surface area contributed by atoms with Crippen LogP contribution in [0.3, 0.4) is 0 Å². The zero-order chi connectivity index (χ0) is 10.0. The second kappa shape index (κ2) is 3.57. The van der Waals surface area contributed by atoms with Crippen LogP contribution < -0.4 is 5.32 Å². The summed E-state index contributed by atoms with van der Waals surface area (Å²) in [7, 11) is 1.60. The Hall–Kier alpha value is -1.36. The van der Waals surface area contributed by atoms with Crippen molar-refractivity contribution in [3.8, 4) is 0 Å². The summed E-state index contributed by atoms with van der Waals surface area (Å²) in [5, 5.41) is 13.2. The molecule has 1 N–H and O–H groups in total. The van der Waals surface area contributed by atoms with Gasteiger partial charge in [-0.2, -0.15) is 0 Å². The summed E-state index contributed by atoms with van der Waals surface area (Å²) in [5.74, 6) is 0. The van der Waals surface area contributed by atoms with Crippen LogP contribution in [-0.4, -0.2) is 17.0 Å². The second-order valence-corrected chi connectivity index (χ2v) is 2.82. The maximum Gasteiger partial charge on any atom is 0.329 e. The van der Waals surface area contributed by atoms with Crippen LogP contribution in [0.5, 0.6) is 0 Å². The van der Waals surface area contributed by atoms with Crippen molar-refractivity contribution in [3.05, 3.63) is 27.0 Å². The summed E-state index contributed by atoms with van der Waals surface area (Å²) in [6.45, 7) is 1.72. The lowest BCUT2D eigenvalue weighted by atomic mass is 10.3. The highest BCUT2D eigenvalue weighted by molar-refractivity contribution is 6.32.